The number of hydrogen-bond acceptors (Lipinski definition) is 3. The Labute approximate surface area is 107 Å². The van der Waals surface area contributed by atoms with E-state index >= 15 is 0 Å². The molecule has 0 aromatic heterocycles. The molecular weight excluding hydrogens is 230 g/mol. The van der Waals surface area contributed by atoms with Crippen LogP contribution in [0, 0.1) is 5.92 Å². The van der Waals surface area contributed by atoms with Crippen LogP contribution in [-0.4, -0.2) is 37.9 Å². The van der Waals surface area contributed by atoms with Crippen LogP contribution in [0.15, 0.2) is 24.3 Å². The number of hydrogen-bond donors (Lipinski definition) is 2. The quantitative estimate of drug-likeness (QED) is 0.825. The minimum Gasteiger partial charge on any atom is -0.481 e. The lowest BCUT2D eigenvalue weighted by atomic mass is 9.88. The fourth-order valence-corrected chi connectivity index (χ4v) is 2.49. The van der Waals surface area contributed by atoms with Crippen molar-refractivity contribution in [2.24, 2.45) is 5.92 Å². The van der Waals surface area contributed by atoms with Crippen molar-refractivity contribution in [1.82, 2.24) is 5.32 Å². The number of carboxylic acids is 1. The largest absolute Gasteiger partial charge is 0.481 e. The molecule has 1 fully saturated rings. The standard InChI is InChI=1S/C14H19NO3/c1-18-6-5-10-3-2-4-11(7-10)12-8-15-9-13(12)14(16)17/h2-4,7,12-13,15H,5-6,8-9H2,1H3,(H,16,17). The maximum absolute atomic E-state index is 11.2. The maximum atomic E-state index is 11.2. The van der Waals surface area contributed by atoms with Gasteiger partial charge in [0.2, 0.25) is 0 Å². The molecule has 1 aliphatic heterocycles. The zero-order valence-corrected chi connectivity index (χ0v) is 10.6. The first-order valence-electron chi connectivity index (χ1n) is 6.23. The summed E-state index contributed by atoms with van der Waals surface area (Å²) < 4.78 is 5.06. The highest BCUT2D eigenvalue weighted by Crippen LogP contribution is 2.28. The number of aliphatic carboxylic acids is 1. The van der Waals surface area contributed by atoms with Crippen molar-refractivity contribution in [3.63, 3.8) is 0 Å². The minimum atomic E-state index is -0.715. The average Bonchev–Trinajstić information content (AvgIpc) is 2.86. The molecule has 1 aromatic rings. The van der Waals surface area contributed by atoms with Gasteiger partial charge in [0, 0.05) is 26.1 Å². The first-order valence-corrected chi connectivity index (χ1v) is 6.23. The number of carboxylic acid groups (broad SMARTS) is 1. The Morgan fingerprint density at radius 2 is 2.33 bits per heavy atom. The molecule has 4 nitrogen and oxygen atoms in total. The zero-order valence-electron chi connectivity index (χ0n) is 10.6. The van der Waals surface area contributed by atoms with E-state index < -0.39 is 5.97 Å². The first kappa shape index (κ1) is 13.1. The van der Waals surface area contributed by atoms with Crippen LogP contribution < -0.4 is 5.32 Å². The van der Waals surface area contributed by atoms with E-state index in [1.807, 2.05) is 12.1 Å². The molecule has 0 saturated carbocycles. The summed E-state index contributed by atoms with van der Waals surface area (Å²) in [5, 5.41) is 12.4. The second-order valence-electron chi connectivity index (χ2n) is 4.70. The summed E-state index contributed by atoms with van der Waals surface area (Å²) in [5.74, 6) is -0.958. The molecule has 2 atom stereocenters. The van der Waals surface area contributed by atoms with E-state index in [-0.39, 0.29) is 11.8 Å². The van der Waals surface area contributed by atoms with Crippen LogP contribution in [-0.2, 0) is 16.0 Å². The summed E-state index contributed by atoms with van der Waals surface area (Å²) >= 11 is 0. The molecule has 4 heteroatoms. The Hall–Kier alpha value is -1.39. The lowest BCUT2D eigenvalue weighted by Gasteiger charge is -2.16. The highest BCUT2D eigenvalue weighted by Gasteiger charge is 2.33. The molecule has 0 amide bonds. The summed E-state index contributed by atoms with van der Waals surface area (Å²) in [6.07, 6.45) is 0.863. The van der Waals surface area contributed by atoms with Crippen molar-refractivity contribution in [3.05, 3.63) is 35.4 Å². The predicted molar refractivity (Wildman–Crippen MR) is 68.8 cm³/mol. The second-order valence-corrected chi connectivity index (χ2v) is 4.70. The van der Waals surface area contributed by atoms with Gasteiger partial charge in [0.1, 0.15) is 0 Å². The normalized spacial score (nSPS) is 23.2. The van der Waals surface area contributed by atoms with Gasteiger partial charge in [-0.05, 0) is 17.5 Å². The van der Waals surface area contributed by atoms with Gasteiger partial charge in [-0.1, -0.05) is 24.3 Å². The molecule has 18 heavy (non-hydrogen) atoms. The molecule has 2 N–H and O–H groups in total. The molecule has 0 radical (unpaired) electrons. The summed E-state index contributed by atoms with van der Waals surface area (Å²) in [6, 6.07) is 8.18. The predicted octanol–water partition coefficient (Wildman–Crippen LogP) is 1.26. The van der Waals surface area contributed by atoms with E-state index in [1.165, 1.54) is 5.56 Å². The minimum absolute atomic E-state index is 0.0741. The van der Waals surface area contributed by atoms with Crippen molar-refractivity contribution >= 4 is 5.97 Å². The van der Waals surface area contributed by atoms with Crippen LogP contribution in [0.3, 0.4) is 0 Å². The Kier molecular flexibility index (Phi) is 4.33. The third kappa shape index (κ3) is 2.89. The molecule has 1 saturated heterocycles. The van der Waals surface area contributed by atoms with Crippen LogP contribution in [0.5, 0.6) is 0 Å². The Bertz CT molecular complexity index is 419. The van der Waals surface area contributed by atoms with Crippen molar-refractivity contribution in [2.75, 3.05) is 26.8 Å². The van der Waals surface area contributed by atoms with Gasteiger partial charge in [-0.15, -0.1) is 0 Å². The van der Waals surface area contributed by atoms with Gasteiger partial charge in [-0.3, -0.25) is 4.79 Å². The van der Waals surface area contributed by atoms with Crippen LogP contribution >= 0.6 is 0 Å². The van der Waals surface area contributed by atoms with E-state index in [1.54, 1.807) is 7.11 Å². The van der Waals surface area contributed by atoms with Gasteiger partial charge in [-0.25, -0.2) is 0 Å². The van der Waals surface area contributed by atoms with Crippen LogP contribution in [0.25, 0.3) is 0 Å². The molecule has 2 rings (SSSR count). The monoisotopic (exact) mass is 249 g/mol. The lowest BCUT2D eigenvalue weighted by molar-refractivity contribution is -0.141. The summed E-state index contributed by atoms with van der Waals surface area (Å²) in [5.41, 5.74) is 2.31. The summed E-state index contributed by atoms with van der Waals surface area (Å²) in [6.45, 7) is 1.99. The second kappa shape index (κ2) is 5.98. The molecule has 2 unspecified atom stereocenters. The Morgan fingerprint density at radius 1 is 1.50 bits per heavy atom. The summed E-state index contributed by atoms with van der Waals surface area (Å²) in [7, 11) is 1.69. The van der Waals surface area contributed by atoms with E-state index in [4.69, 9.17) is 4.74 Å². The first-order chi connectivity index (χ1) is 8.72. The molecule has 0 spiro atoms. The highest BCUT2D eigenvalue weighted by molar-refractivity contribution is 5.72. The Balaban J connectivity index is 2.14. The van der Waals surface area contributed by atoms with Crippen LogP contribution in [0.1, 0.15) is 17.0 Å². The summed E-state index contributed by atoms with van der Waals surface area (Å²) in [4.78, 5) is 11.2. The SMILES string of the molecule is COCCc1cccc(C2CNCC2C(=O)O)c1. The van der Waals surface area contributed by atoms with E-state index in [2.05, 4.69) is 17.4 Å². The third-order valence-electron chi connectivity index (χ3n) is 3.51. The molecular formula is C14H19NO3. The van der Waals surface area contributed by atoms with Crippen molar-refractivity contribution in [3.8, 4) is 0 Å². The molecule has 1 aromatic carbocycles. The fraction of sp³-hybridized carbons (Fsp3) is 0.500. The molecule has 1 heterocycles. The number of methoxy groups -OCH3 is 1. The average molecular weight is 249 g/mol. The number of nitrogens with one attached hydrogen (secondary N) is 1. The molecule has 1 aliphatic rings. The Morgan fingerprint density at radius 3 is 3.06 bits per heavy atom. The molecule has 0 aliphatic carbocycles. The smallest absolute Gasteiger partial charge is 0.308 e. The number of ether oxygens (including phenoxy) is 1. The van der Waals surface area contributed by atoms with Crippen LogP contribution in [0.2, 0.25) is 0 Å². The fourth-order valence-electron chi connectivity index (χ4n) is 2.49. The van der Waals surface area contributed by atoms with Crippen molar-refractivity contribution < 1.29 is 14.6 Å². The third-order valence-corrected chi connectivity index (χ3v) is 3.51. The molecule has 0 bridgehead atoms. The number of carbonyl (C=O) groups is 1. The lowest BCUT2D eigenvalue weighted by Crippen LogP contribution is -2.21. The van der Waals surface area contributed by atoms with E-state index in [9.17, 15) is 9.90 Å². The van der Waals surface area contributed by atoms with Gasteiger partial charge in [0.25, 0.3) is 0 Å². The number of benzene rings is 1. The van der Waals surface area contributed by atoms with Crippen LogP contribution in [0.4, 0.5) is 0 Å². The molecule has 98 valence electrons. The van der Waals surface area contributed by atoms with Crippen molar-refractivity contribution in [1.29, 1.82) is 0 Å². The van der Waals surface area contributed by atoms with Crippen molar-refractivity contribution in [2.45, 2.75) is 12.3 Å². The van der Waals surface area contributed by atoms with Gasteiger partial charge in [0.05, 0.1) is 12.5 Å². The van der Waals surface area contributed by atoms with Gasteiger partial charge >= 0.3 is 5.97 Å². The maximum Gasteiger partial charge on any atom is 0.308 e. The van der Waals surface area contributed by atoms with Gasteiger partial charge in [0.15, 0.2) is 0 Å². The van der Waals surface area contributed by atoms with E-state index in [0.29, 0.717) is 13.2 Å². The zero-order chi connectivity index (χ0) is 13.0. The van der Waals surface area contributed by atoms with E-state index in [0.717, 1.165) is 18.5 Å². The van der Waals surface area contributed by atoms with Gasteiger partial charge < -0.3 is 15.2 Å². The van der Waals surface area contributed by atoms with Gasteiger partial charge in [-0.2, -0.15) is 0 Å². The highest BCUT2D eigenvalue weighted by atomic mass is 16.5. The topological polar surface area (TPSA) is 58.6 Å². The number of rotatable bonds is 5.